The van der Waals surface area contributed by atoms with Gasteiger partial charge in [0.1, 0.15) is 5.75 Å². The van der Waals surface area contributed by atoms with Crippen molar-refractivity contribution in [2.24, 2.45) is 0 Å². The van der Waals surface area contributed by atoms with Crippen molar-refractivity contribution in [3.05, 3.63) is 77.1 Å². The van der Waals surface area contributed by atoms with Gasteiger partial charge in [-0.05, 0) is 49.1 Å². The first-order valence-electron chi connectivity index (χ1n) is 10.7. The molecule has 1 unspecified atom stereocenters. The lowest BCUT2D eigenvalue weighted by atomic mass is 10.1. The normalized spacial score (nSPS) is 16.4. The van der Waals surface area contributed by atoms with Crippen molar-refractivity contribution < 1.29 is 9.53 Å². The summed E-state index contributed by atoms with van der Waals surface area (Å²) in [5.74, 6) is 0.717. The first-order valence-corrected chi connectivity index (χ1v) is 10.7. The van der Waals surface area contributed by atoms with Crippen LogP contribution in [0.2, 0.25) is 0 Å². The summed E-state index contributed by atoms with van der Waals surface area (Å²) in [5, 5.41) is 11.2. The molecule has 1 aliphatic rings. The summed E-state index contributed by atoms with van der Waals surface area (Å²) in [6, 6.07) is 16.6. The molecule has 1 aromatic heterocycles. The van der Waals surface area contributed by atoms with Crippen molar-refractivity contribution in [2.45, 2.75) is 45.4 Å². The number of likely N-dealkylation sites (tertiary alicyclic amines) is 1. The third-order valence-corrected chi connectivity index (χ3v) is 5.81. The monoisotopic (exact) mass is 419 g/mol. The van der Waals surface area contributed by atoms with Gasteiger partial charge in [-0.3, -0.25) is 14.4 Å². The molecule has 0 saturated carbocycles. The zero-order valence-corrected chi connectivity index (χ0v) is 18.1. The summed E-state index contributed by atoms with van der Waals surface area (Å²) in [6.45, 7) is 5.24. The highest BCUT2D eigenvalue weighted by Gasteiger charge is 2.25. The highest BCUT2D eigenvalue weighted by molar-refractivity contribution is 5.91. The van der Waals surface area contributed by atoms with Crippen LogP contribution in [-0.4, -0.2) is 45.5 Å². The number of hydrogen-bond donors (Lipinski definition) is 1. The number of nitrogens with one attached hydrogen (secondary N) is 1. The van der Waals surface area contributed by atoms with Crippen LogP contribution in [0.25, 0.3) is 0 Å². The van der Waals surface area contributed by atoms with Gasteiger partial charge < -0.3 is 10.1 Å². The molecule has 31 heavy (non-hydrogen) atoms. The summed E-state index contributed by atoms with van der Waals surface area (Å²) >= 11 is 0. The fourth-order valence-corrected chi connectivity index (χ4v) is 4.16. The van der Waals surface area contributed by atoms with E-state index in [-0.39, 0.29) is 5.91 Å². The van der Waals surface area contributed by atoms with E-state index in [2.05, 4.69) is 39.6 Å². The van der Waals surface area contributed by atoms with Crippen molar-refractivity contribution in [2.75, 3.05) is 13.7 Å². The second kappa shape index (κ2) is 9.75. The minimum absolute atomic E-state index is 0.202. The van der Waals surface area contributed by atoms with E-state index in [9.17, 15) is 4.79 Å². The van der Waals surface area contributed by atoms with E-state index >= 15 is 0 Å². The predicted octanol–water partition coefficient (Wildman–Crippen LogP) is 3.19. The van der Waals surface area contributed by atoms with E-state index in [4.69, 9.17) is 4.74 Å². The number of ether oxygens (including phenoxy) is 1. The summed E-state index contributed by atoms with van der Waals surface area (Å²) < 4.78 is 7.16. The van der Waals surface area contributed by atoms with E-state index in [0.29, 0.717) is 18.3 Å². The van der Waals surface area contributed by atoms with Crippen molar-refractivity contribution in [3.63, 3.8) is 0 Å². The van der Waals surface area contributed by atoms with Gasteiger partial charge in [0, 0.05) is 19.1 Å². The van der Waals surface area contributed by atoms with Gasteiger partial charge in [0.2, 0.25) is 0 Å². The summed E-state index contributed by atoms with van der Waals surface area (Å²) in [7, 11) is 1.70. The highest BCUT2D eigenvalue weighted by Crippen LogP contribution is 2.24. The van der Waals surface area contributed by atoms with E-state index < -0.39 is 0 Å². The average molecular weight is 420 g/mol. The summed E-state index contributed by atoms with van der Waals surface area (Å²) in [6.07, 6.45) is 4.03. The van der Waals surface area contributed by atoms with Crippen LogP contribution in [0.4, 0.5) is 0 Å². The number of aromatic nitrogens is 3. The number of aryl methyl sites for hydroxylation is 1. The summed E-state index contributed by atoms with van der Waals surface area (Å²) in [5.41, 5.74) is 3.84. The molecule has 0 spiro atoms. The van der Waals surface area contributed by atoms with Crippen LogP contribution < -0.4 is 10.1 Å². The zero-order valence-electron chi connectivity index (χ0n) is 18.1. The van der Waals surface area contributed by atoms with Gasteiger partial charge in [-0.15, -0.1) is 5.10 Å². The smallest absolute Gasteiger partial charge is 0.273 e. The number of amides is 1. The average Bonchev–Trinajstić information content (AvgIpc) is 3.43. The first kappa shape index (κ1) is 21.1. The van der Waals surface area contributed by atoms with Crippen LogP contribution in [0.5, 0.6) is 5.75 Å². The van der Waals surface area contributed by atoms with E-state index in [1.54, 1.807) is 18.0 Å². The molecule has 4 rings (SSSR count). The third kappa shape index (κ3) is 5.30. The number of carbonyl (C=O) groups is 1. The lowest BCUT2D eigenvalue weighted by Gasteiger charge is -2.24. The molecular weight excluding hydrogens is 390 g/mol. The van der Waals surface area contributed by atoms with Crippen molar-refractivity contribution in [3.8, 4) is 5.75 Å². The Morgan fingerprint density at radius 2 is 2.03 bits per heavy atom. The Hall–Kier alpha value is -3.19. The zero-order chi connectivity index (χ0) is 21.6. The molecule has 162 valence electrons. The molecule has 1 fully saturated rings. The lowest BCUT2D eigenvalue weighted by Crippen LogP contribution is -2.32. The SMILES string of the molecule is COc1ccc(CN2CCCC2Cn2cc(C(=O)NCc3ccccc3)nn2)cc1C. The van der Waals surface area contributed by atoms with Gasteiger partial charge in [-0.2, -0.15) is 0 Å². The molecule has 0 bridgehead atoms. The molecule has 0 aliphatic carbocycles. The van der Waals surface area contributed by atoms with Gasteiger partial charge >= 0.3 is 0 Å². The Morgan fingerprint density at radius 1 is 1.19 bits per heavy atom. The van der Waals surface area contributed by atoms with Crippen LogP contribution >= 0.6 is 0 Å². The van der Waals surface area contributed by atoms with Crippen LogP contribution in [0.3, 0.4) is 0 Å². The Morgan fingerprint density at radius 3 is 2.81 bits per heavy atom. The molecule has 1 aliphatic heterocycles. The Bertz CT molecular complexity index is 1020. The van der Waals surface area contributed by atoms with Crippen LogP contribution in [0, 0.1) is 6.92 Å². The fraction of sp³-hybridized carbons (Fsp3) is 0.375. The van der Waals surface area contributed by atoms with Gasteiger partial charge in [-0.1, -0.05) is 47.7 Å². The maximum Gasteiger partial charge on any atom is 0.273 e. The van der Waals surface area contributed by atoms with Crippen molar-refractivity contribution >= 4 is 5.91 Å². The molecule has 1 N–H and O–H groups in total. The van der Waals surface area contributed by atoms with Crippen molar-refractivity contribution in [1.29, 1.82) is 0 Å². The van der Waals surface area contributed by atoms with Gasteiger partial charge in [0.15, 0.2) is 5.69 Å². The van der Waals surface area contributed by atoms with E-state index in [1.807, 2.05) is 36.4 Å². The van der Waals surface area contributed by atoms with Crippen LogP contribution in [-0.2, 0) is 19.6 Å². The topological polar surface area (TPSA) is 72.3 Å². The van der Waals surface area contributed by atoms with Gasteiger partial charge in [-0.25, -0.2) is 0 Å². The molecule has 1 atom stereocenters. The number of benzene rings is 2. The number of nitrogens with zero attached hydrogens (tertiary/aromatic N) is 4. The minimum Gasteiger partial charge on any atom is -0.496 e. The van der Waals surface area contributed by atoms with Crippen LogP contribution in [0.1, 0.15) is 40.0 Å². The van der Waals surface area contributed by atoms with E-state index in [0.717, 1.165) is 42.9 Å². The third-order valence-electron chi connectivity index (χ3n) is 5.81. The lowest BCUT2D eigenvalue weighted by molar-refractivity contribution is 0.0945. The molecule has 7 nitrogen and oxygen atoms in total. The van der Waals surface area contributed by atoms with E-state index in [1.165, 1.54) is 12.0 Å². The molecule has 2 heterocycles. The number of rotatable bonds is 8. The fourth-order valence-electron chi connectivity index (χ4n) is 4.16. The van der Waals surface area contributed by atoms with Gasteiger partial charge in [0.25, 0.3) is 5.91 Å². The second-order valence-electron chi connectivity index (χ2n) is 8.06. The second-order valence-corrected chi connectivity index (χ2v) is 8.06. The molecule has 7 heteroatoms. The Labute approximate surface area is 183 Å². The van der Waals surface area contributed by atoms with Crippen molar-refractivity contribution in [1.82, 2.24) is 25.2 Å². The molecular formula is C24H29N5O2. The molecule has 1 amide bonds. The number of hydrogen-bond acceptors (Lipinski definition) is 5. The standard InChI is InChI=1S/C24H29N5O2/c1-18-13-20(10-11-23(18)31-2)15-28-12-6-9-21(28)16-29-17-22(26-27-29)24(30)25-14-19-7-4-3-5-8-19/h3-5,7-8,10-11,13,17,21H,6,9,12,14-16H2,1-2H3,(H,25,30). The summed E-state index contributed by atoms with van der Waals surface area (Å²) in [4.78, 5) is 14.9. The Balaban J connectivity index is 1.34. The first-order chi connectivity index (χ1) is 15.1. The predicted molar refractivity (Wildman–Crippen MR) is 119 cm³/mol. The molecule has 1 saturated heterocycles. The minimum atomic E-state index is -0.202. The number of carbonyl (C=O) groups excluding carboxylic acids is 1. The maximum absolute atomic E-state index is 12.4. The van der Waals surface area contributed by atoms with Crippen LogP contribution in [0.15, 0.2) is 54.7 Å². The quantitative estimate of drug-likeness (QED) is 0.607. The molecule has 0 radical (unpaired) electrons. The molecule has 2 aromatic carbocycles. The highest BCUT2D eigenvalue weighted by atomic mass is 16.5. The van der Waals surface area contributed by atoms with Gasteiger partial charge in [0.05, 0.1) is 19.9 Å². The molecule has 3 aromatic rings. The maximum atomic E-state index is 12.4. The Kier molecular flexibility index (Phi) is 6.62. The number of methoxy groups -OCH3 is 1. The largest absolute Gasteiger partial charge is 0.496 e.